The number of amides is 1. The number of hydrogen-bond donors (Lipinski definition) is 1. The molecule has 3 aromatic rings. The summed E-state index contributed by atoms with van der Waals surface area (Å²) in [6.07, 6.45) is 1.06. The number of fused-ring (bicyclic) bond motifs is 1. The van der Waals surface area contributed by atoms with Gasteiger partial charge in [-0.2, -0.15) is 0 Å². The second-order valence-electron chi connectivity index (χ2n) is 6.42. The third-order valence-corrected chi connectivity index (χ3v) is 4.75. The molecule has 1 aromatic heterocycles. The number of aromatic nitrogens is 1. The standard InChI is InChI=1S/C21H21N3O2/c1-3-24-12-11-15-9-10-17(13-18(15)24)22-20(25)19-14(2)26-21(23-19)16-7-5-4-6-8-16/h4-10,13H,3,11-12H2,1-2H3,(H,22,25). The summed E-state index contributed by atoms with van der Waals surface area (Å²) in [5.74, 6) is 0.714. The van der Waals surface area contributed by atoms with Crippen LogP contribution >= 0.6 is 0 Å². The zero-order chi connectivity index (χ0) is 18.1. The Hall–Kier alpha value is -3.08. The minimum Gasteiger partial charge on any atom is -0.441 e. The van der Waals surface area contributed by atoms with Crippen LogP contribution in [0.4, 0.5) is 11.4 Å². The molecule has 132 valence electrons. The van der Waals surface area contributed by atoms with Crippen molar-refractivity contribution in [2.24, 2.45) is 0 Å². The Labute approximate surface area is 152 Å². The van der Waals surface area contributed by atoms with Gasteiger partial charge in [0.1, 0.15) is 5.76 Å². The summed E-state index contributed by atoms with van der Waals surface area (Å²) in [5.41, 5.74) is 4.47. The van der Waals surface area contributed by atoms with Gasteiger partial charge in [0.2, 0.25) is 5.89 Å². The predicted molar refractivity (Wildman–Crippen MR) is 103 cm³/mol. The van der Waals surface area contributed by atoms with Crippen LogP contribution in [0, 0.1) is 6.92 Å². The van der Waals surface area contributed by atoms with Gasteiger partial charge < -0.3 is 14.6 Å². The zero-order valence-corrected chi connectivity index (χ0v) is 15.0. The molecule has 1 amide bonds. The van der Waals surface area contributed by atoms with E-state index in [0.29, 0.717) is 17.3 Å². The van der Waals surface area contributed by atoms with Gasteiger partial charge in [0.25, 0.3) is 5.91 Å². The molecule has 0 saturated carbocycles. The fraction of sp³-hybridized carbons (Fsp3) is 0.238. The van der Waals surface area contributed by atoms with Crippen LogP contribution in [0.5, 0.6) is 0 Å². The third kappa shape index (κ3) is 2.96. The molecule has 2 heterocycles. The van der Waals surface area contributed by atoms with Crippen LogP contribution in [0.3, 0.4) is 0 Å². The first-order valence-electron chi connectivity index (χ1n) is 8.88. The number of likely N-dealkylation sites (N-methyl/N-ethyl adjacent to an activating group) is 1. The van der Waals surface area contributed by atoms with Crippen molar-refractivity contribution < 1.29 is 9.21 Å². The van der Waals surface area contributed by atoms with Crippen molar-refractivity contribution >= 4 is 17.3 Å². The molecule has 4 rings (SSSR count). The van der Waals surface area contributed by atoms with Gasteiger partial charge in [0, 0.05) is 30.0 Å². The van der Waals surface area contributed by atoms with E-state index in [1.807, 2.05) is 42.5 Å². The summed E-state index contributed by atoms with van der Waals surface area (Å²) in [5, 5.41) is 2.95. The van der Waals surface area contributed by atoms with Crippen LogP contribution in [0.15, 0.2) is 52.9 Å². The van der Waals surface area contributed by atoms with Gasteiger partial charge in [0.05, 0.1) is 0 Å². The molecular weight excluding hydrogens is 326 g/mol. The molecule has 0 bridgehead atoms. The number of hydrogen-bond acceptors (Lipinski definition) is 4. The maximum atomic E-state index is 12.7. The van der Waals surface area contributed by atoms with Crippen LogP contribution in [-0.2, 0) is 6.42 Å². The lowest BCUT2D eigenvalue weighted by Gasteiger charge is -2.17. The second kappa shape index (κ2) is 6.67. The van der Waals surface area contributed by atoms with Crippen molar-refractivity contribution in [2.75, 3.05) is 23.3 Å². The Morgan fingerprint density at radius 2 is 2.04 bits per heavy atom. The Balaban J connectivity index is 1.57. The van der Waals surface area contributed by atoms with E-state index >= 15 is 0 Å². The Kier molecular flexibility index (Phi) is 4.21. The van der Waals surface area contributed by atoms with Crippen molar-refractivity contribution in [1.82, 2.24) is 4.98 Å². The smallest absolute Gasteiger partial charge is 0.277 e. The van der Waals surface area contributed by atoms with Crippen LogP contribution in [0.1, 0.15) is 28.7 Å². The topological polar surface area (TPSA) is 58.4 Å². The third-order valence-electron chi connectivity index (χ3n) is 4.75. The highest BCUT2D eigenvalue weighted by Gasteiger charge is 2.21. The Bertz CT molecular complexity index is 947. The fourth-order valence-electron chi connectivity index (χ4n) is 3.35. The minimum atomic E-state index is -0.255. The van der Waals surface area contributed by atoms with E-state index in [1.54, 1.807) is 6.92 Å². The van der Waals surface area contributed by atoms with E-state index in [9.17, 15) is 4.79 Å². The first kappa shape index (κ1) is 16.4. The summed E-state index contributed by atoms with van der Waals surface area (Å²) in [6.45, 7) is 5.90. The second-order valence-corrected chi connectivity index (χ2v) is 6.42. The zero-order valence-electron chi connectivity index (χ0n) is 15.0. The van der Waals surface area contributed by atoms with Crippen LogP contribution in [-0.4, -0.2) is 24.0 Å². The summed E-state index contributed by atoms with van der Waals surface area (Å²) in [6, 6.07) is 15.7. The van der Waals surface area contributed by atoms with Gasteiger partial charge in [-0.15, -0.1) is 0 Å². The monoisotopic (exact) mass is 347 g/mol. The lowest BCUT2D eigenvalue weighted by atomic mass is 10.1. The Morgan fingerprint density at radius 3 is 2.81 bits per heavy atom. The maximum Gasteiger partial charge on any atom is 0.277 e. The van der Waals surface area contributed by atoms with Gasteiger partial charge >= 0.3 is 0 Å². The molecule has 0 saturated heterocycles. The lowest BCUT2D eigenvalue weighted by Crippen LogP contribution is -2.19. The van der Waals surface area contributed by atoms with Crippen molar-refractivity contribution in [2.45, 2.75) is 20.3 Å². The highest BCUT2D eigenvalue weighted by atomic mass is 16.4. The molecule has 1 N–H and O–H groups in total. The number of nitrogens with one attached hydrogen (secondary N) is 1. The van der Waals surface area contributed by atoms with E-state index in [2.05, 4.69) is 28.2 Å². The molecule has 5 nitrogen and oxygen atoms in total. The van der Waals surface area contributed by atoms with Crippen molar-refractivity contribution in [1.29, 1.82) is 0 Å². The molecule has 0 unspecified atom stereocenters. The van der Waals surface area contributed by atoms with Crippen LogP contribution in [0.2, 0.25) is 0 Å². The summed E-state index contributed by atoms with van der Waals surface area (Å²) < 4.78 is 5.69. The van der Waals surface area contributed by atoms with E-state index in [0.717, 1.165) is 30.8 Å². The van der Waals surface area contributed by atoms with E-state index < -0.39 is 0 Å². The molecule has 2 aromatic carbocycles. The average molecular weight is 347 g/mol. The molecule has 5 heteroatoms. The molecule has 0 atom stereocenters. The normalized spacial score (nSPS) is 12.9. The maximum absolute atomic E-state index is 12.7. The lowest BCUT2D eigenvalue weighted by molar-refractivity contribution is 0.102. The molecular formula is C21H21N3O2. The first-order chi connectivity index (χ1) is 12.7. The van der Waals surface area contributed by atoms with Crippen molar-refractivity contribution in [3.63, 3.8) is 0 Å². The van der Waals surface area contributed by atoms with E-state index in [1.165, 1.54) is 11.3 Å². The quantitative estimate of drug-likeness (QED) is 0.765. The van der Waals surface area contributed by atoms with E-state index in [-0.39, 0.29) is 5.91 Å². The number of carbonyl (C=O) groups is 1. The van der Waals surface area contributed by atoms with Gasteiger partial charge in [-0.25, -0.2) is 4.98 Å². The number of oxazole rings is 1. The van der Waals surface area contributed by atoms with Gasteiger partial charge in [-0.1, -0.05) is 24.3 Å². The van der Waals surface area contributed by atoms with Gasteiger partial charge in [-0.05, 0) is 50.1 Å². The summed E-state index contributed by atoms with van der Waals surface area (Å²) in [4.78, 5) is 19.4. The number of benzene rings is 2. The number of rotatable bonds is 4. The van der Waals surface area contributed by atoms with Gasteiger partial charge in [-0.3, -0.25) is 4.79 Å². The van der Waals surface area contributed by atoms with Crippen molar-refractivity contribution in [3.8, 4) is 11.5 Å². The molecule has 0 radical (unpaired) electrons. The van der Waals surface area contributed by atoms with Crippen LogP contribution in [0.25, 0.3) is 11.5 Å². The summed E-state index contributed by atoms with van der Waals surface area (Å²) in [7, 11) is 0. The largest absolute Gasteiger partial charge is 0.441 e. The number of aryl methyl sites for hydroxylation is 1. The number of carbonyl (C=O) groups excluding carboxylic acids is 1. The summed E-state index contributed by atoms with van der Waals surface area (Å²) >= 11 is 0. The first-order valence-corrected chi connectivity index (χ1v) is 8.88. The minimum absolute atomic E-state index is 0.255. The highest BCUT2D eigenvalue weighted by Crippen LogP contribution is 2.31. The Morgan fingerprint density at radius 1 is 1.23 bits per heavy atom. The average Bonchev–Trinajstić information content (AvgIpc) is 3.25. The van der Waals surface area contributed by atoms with Gasteiger partial charge in [0.15, 0.2) is 5.69 Å². The van der Waals surface area contributed by atoms with E-state index in [4.69, 9.17) is 4.42 Å². The number of nitrogens with zero attached hydrogens (tertiary/aromatic N) is 2. The SMILES string of the molecule is CCN1CCc2ccc(NC(=O)c3nc(-c4ccccc4)oc3C)cc21. The predicted octanol–water partition coefficient (Wildman–Crippen LogP) is 4.28. The molecule has 1 aliphatic rings. The molecule has 1 aliphatic heterocycles. The number of anilines is 2. The highest BCUT2D eigenvalue weighted by molar-refractivity contribution is 6.04. The van der Waals surface area contributed by atoms with Crippen molar-refractivity contribution in [3.05, 3.63) is 65.5 Å². The molecule has 0 aliphatic carbocycles. The van der Waals surface area contributed by atoms with Crippen LogP contribution < -0.4 is 10.2 Å². The molecule has 26 heavy (non-hydrogen) atoms. The molecule has 0 fully saturated rings. The molecule has 0 spiro atoms. The fourth-order valence-corrected chi connectivity index (χ4v) is 3.35.